The van der Waals surface area contributed by atoms with E-state index in [1.165, 1.54) is 4.88 Å². The molecule has 2 heterocycles. The number of hydrogen-bond donors (Lipinski definition) is 1. The summed E-state index contributed by atoms with van der Waals surface area (Å²) in [5, 5.41) is 5.88. The average Bonchev–Trinajstić information content (AvgIpc) is 2.75. The molecule has 15 heavy (non-hydrogen) atoms. The molecule has 6 heteroatoms. The second-order valence-electron chi connectivity index (χ2n) is 3.09. The van der Waals surface area contributed by atoms with Crippen LogP contribution in [0.5, 0.6) is 0 Å². The Bertz CT molecular complexity index is 399. The van der Waals surface area contributed by atoms with E-state index in [1.54, 1.807) is 11.3 Å². The van der Waals surface area contributed by atoms with Gasteiger partial charge in [-0.2, -0.15) is 4.98 Å². The summed E-state index contributed by atoms with van der Waals surface area (Å²) in [5.74, 6) is 1.19. The molecule has 0 radical (unpaired) electrons. The van der Waals surface area contributed by atoms with Gasteiger partial charge in [-0.25, -0.2) is 0 Å². The molecular weight excluding hydrogens is 234 g/mol. The lowest BCUT2D eigenvalue weighted by Gasteiger charge is -1.92. The van der Waals surface area contributed by atoms with Crippen LogP contribution in [0.15, 0.2) is 22.0 Å². The summed E-state index contributed by atoms with van der Waals surface area (Å²) in [4.78, 5) is 5.41. The van der Waals surface area contributed by atoms with Gasteiger partial charge in [-0.3, -0.25) is 0 Å². The van der Waals surface area contributed by atoms with E-state index in [2.05, 4.69) is 10.1 Å². The third kappa shape index (κ3) is 3.02. The maximum atomic E-state index is 5.61. The maximum absolute atomic E-state index is 5.61. The summed E-state index contributed by atoms with van der Waals surface area (Å²) in [7, 11) is 0. The lowest BCUT2D eigenvalue weighted by atomic mass is 10.3. The largest absolute Gasteiger partial charge is 0.338 e. The average molecular weight is 246 g/mol. The van der Waals surface area contributed by atoms with E-state index in [0.29, 0.717) is 18.1 Å². The standard InChI is InChI=1S/C9H11N3OS.ClH/c1-6(10)9-11-8(12-13-9)5-7-3-2-4-14-7;/h2-4,6H,5,10H2,1H3;1H/t6-;/m1./s1. The Morgan fingerprint density at radius 1 is 1.60 bits per heavy atom. The highest BCUT2D eigenvalue weighted by Gasteiger charge is 2.10. The molecule has 0 spiro atoms. The molecule has 0 saturated heterocycles. The summed E-state index contributed by atoms with van der Waals surface area (Å²) in [6.45, 7) is 1.82. The second kappa shape index (κ2) is 5.25. The van der Waals surface area contributed by atoms with Crippen LogP contribution in [0.25, 0.3) is 0 Å². The predicted octanol–water partition coefficient (Wildman–Crippen LogP) is 2.16. The predicted molar refractivity (Wildman–Crippen MR) is 61.3 cm³/mol. The molecule has 0 aliphatic carbocycles. The van der Waals surface area contributed by atoms with Crippen LogP contribution in [0.1, 0.15) is 29.6 Å². The summed E-state index contributed by atoms with van der Waals surface area (Å²) in [6, 6.07) is 3.86. The number of nitrogens with zero attached hydrogens (tertiary/aromatic N) is 2. The van der Waals surface area contributed by atoms with Crippen LogP contribution in [0, 0.1) is 0 Å². The maximum Gasteiger partial charge on any atom is 0.243 e. The van der Waals surface area contributed by atoms with Crippen molar-refractivity contribution in [2.24, 2.45) is 5.73 Å². The minimum atomic E-state index is -0.195. The quantitative estimate of drug-likeness (QED) is 0.900. The van der Waals surface area contributed by atoms with E-state index < -0.39 is 0 Å². The number of hydrogen-bond acceptors (Lipinski definition) is 5. The third-order valence-corrected chi connectivity index (χ3v) is 2.66. The molecule has 0 aliphatic heterocycles. The van der Waals surface area contributed by atoms with E-state index in [9.17, 15) is 0 Å². The molecule has 2 aromatic rings. The molecule has 0 unspecified atom stereocenters. The van der Waals surface area contributed by atoms with Crippen molar-refractivity contribution in [2.75, 3.05) is 0 Å². The monoisotopic (exact) mass is 245 g/mol. The Morgan fingerprint density at radius 3 is 2.93 bits per heavy atom. The highest BCUT2D eigenvalue weighted by Crippen LogP contribution is 2.14. The fraction of sp³-hybridized carbons (Fsp3) is 0.333. The van der Waals surface area contributed by atoms with E-state index in [4.69, 9.17) is 10.3 Å². The Balaban J connectivity index is 0.00000112. The van der Waals surface area contributed by atoms with Gasteiger partial charge in [0, 0.05) is 11.3 Å². The van der Waals surface area contributed by atoms with Crippen LogP contribution < -0.4 is 5.73 Å². The van der Waals surface area contributed by atoms with E-state index in [0.717, 1.165) is 0 Å². The lowest BCUT2D eigenvalue weighted by molar-refractivity contribution is 0.358. The third-order valence-electron chi connectivity index (χ3n) is 1.79. The van der Waals surface area contributed by atoms with Gasteiger partial charge in [0.15, 0.2) is 5.82 Å². The van der Waals surface area contributed by atoms with Crippen molar-refractivity contribution in [2.45, 2.75) is 19.4 Å². The van der Waals surface area contributed by atoms with Gasteiger partial charge in [-0.05, 0) is 18.4 Å². The van der Waals surface area contributed by atoms with Crippen molar-refractivity contribution in [3.8, 4) is 0 Å². The van der Waals surface area contributed by atoms with Crippen molar-refractivity contribution in [3.63, 3.8) is 0 Å². The van der Waals surface area contributed by atoms with Gasteiger partial charge in [0.1, 0.15) is 0 Å². The number of rotatable bonds is 3. The Kier molecular flexibility index (Phi) is 4.26. The number of aromatic nitrogens is 2. The highest BCUT2D eigenvalue weighted by molar-refractivity contribution is 7.09. The molecule has 0 aliphatic rings. The molecule has 0 aromatic carbocycles. The summed E-state index contributed by atoms with van der Waals surface area (Å²) in [6.07, 6.45) is 0.716. The minimum absolute atomic E-state index is 0. The van der Waals surface area contributed by atoms with Crippen molar-refractivity contribution in [1.29, 1.82) is 0 Å². The molecule has 2 aromatic heterocycles. The number of nitrogens with two attached hydrogens (primary N) is 1. The molecule has 0 fully saturated rings. The van der Waals surface area contributed by atoms with Crippen LogP contribution in [0.2, 0.25) is 0 Å². The molecule has 2 N–H and O–H groups in total. The smallest absolute Gasteiger partial charge is 0.243 e. The van der Waals surface area contributed by atoms with E-state index in [1.807, 2.05) is 24.4 Å². The van der Waals surface area contributed by atoms with Crippen LogP contribution in [0.4, 0.5) is 0 Å². The molecule has 1 atom stereocenters. The summed E-state index contributed by atoms with van der Waals surface area (Å²) in [5.41, 5.74) is 5.61. The molecule has 2 rings (SSSR count). The Morgan fingerprint density at radius 2 is 2.40 bits per heavy atom. The summed E-state index contributed by atoms with van der Waals surface area (Å²) >= 11 is 1.68. The lowest BCUT2D eigenvalue weighted by Crippen LogP contribution is -2.05. The second-order valence-corrected chi connectivity index (χ2v) is 4.13. The molecule has 82 valence electrons. The molecular formula is C9H12ClN3OS. The van der Waals surface area contributed by atoms with Crippen LogP contribution in [-0.4, -0.2) is 10.1 Å². The van der Waals surface area contributed by atoms with Crippen molar-refractivity contribution in [1.82, 2.24) is 10.1 Å². The van der Waals surface area contributed by atoms with E-state index in [-0.39, 0.29) is 18.4 Å². The zero-order chi connectivity index (χ0) is 9.97. The first kappa shape index (κ1) is 12.2. The van der Waals surface area contributed by atoms with Gasteiger partial charge >= 0.3 is 0 Å². The van der Waals surface area contributed by atoms with Gasteiger partial charge < -0.3 is 10.3 Å². The topological polar surface area (TPSA) is 64.9 Å². The van der Waals surface area contributed by atoms with Crippen LogP contribution in [0.3, 0.4) is 0 Å². The number of halogens is 1. The van der Waals surface area contributed by atoms with E-state index >= 15 is 0 Å². The zero-order valence-corrected chi connectivity index (χ0v) is 9.85. The van der Waals surface area contributed by atoms with Crippen LogP contribution >= 0.6 is 23.7 Å². The number of thiophene rings is 1. The first-order valence-corrected chi connectivity index (χ1v) is 5.24. The normalized spacial score (nSPS) is 12.1. The van der Waals surface area contributed by atoms with Gasteiger partial charge in [0.05, 0.1) is 6.04 Å². The van der Waals surface area contributed by atoms with Gasteiger partial charge in [-0.1, -0.05) is 11.2 Å². The first-order chi connectivity index (χ1) is 6.75. The Hall–Kier alpha value is -0.910. The molecule has 4 nitrogen and oxygen atoms in total. The van der Waals surface area contributed by atoms with Gasteiger partial charge in [0.25, 0.3) is 0 Å². The van der Waals surface area contributed by atoms with Crippen LogP contribution in [-0.2, 0) is 6.42 Å². The fourth-order valence-electron chi connectivity index (χ4n) is 1.09. The van der Waals surface area contributed by atoms with Gasteiger partial charge in [-0.15, -0.1) is 23.7 Å². The molecule has 0 saturated carbocycles. The van der Waals surface area contributed by atoms with Crippen molar-refractivity contribution >= 4 is 23.7 Å². The SMILES string of the molecule is C[C@@H](N)c1nc(Cc2cccs2)no1.Cl. The molecule has 0 bridgehead atoms. The Labute approximate surface area is 97.9 Å². The van der Waals surface area contributed by atoms with Gasteiger partial charge in [0.2, 0.25) is 5.89 Å². The summed E-state index contributed by atoms with van der Waals surface area (Å²) < 4.78 is 4.99. The zero-order valence-electron chi connectivity index (χ0n) is 8.21. The van der Waals surface area contributed by atoms with Crippen molar-refractivity contribution < 1.29 is 4.52 Å². The minimum Gasteiger partial charge on any atom is -0.338 e. The molecule has 0 amide bonds. The first-order valence-electron chi connectivity index (χ1n) is 4.36. The fourth-order valence-corrected chi connectivity index (χ4v) is 1.79. The highest BCUT2D eigenvalue weighted by atomic mass is 35.5. The van der Waals surface area contributed by atoms with Crippen molar-refractivity contribution in [3.05, 3.63) is 34.1 Å².